The first-order valence-electron chi connectivity index (χ1n) is 6.94. The molecule has 1 aromatic carbocycles. The van der Waals surface area contributed by atoms with Gasteiger partial charge in [0.2, 0.25) is 0 Å². The molecule has 0 amide bonds. The molecule has 0 fully saturated rings. The van der Waals surface area contributed by atoms with Crippen molar-refractivity contribution in [3.8, 4) is 5.75 Å². The lowest BCUT2D eigenvalue weighted by atomic mass is 10.2. The second kappa shape index (κ2) is 7.13. The fourth-order valence-electron chi connectivity index (χ4n) is 1.90. The van der Waals surface area contributed by atoms with E-state index in [0.29, 0.717) is 6.42 Å². The zero-order valence-corrected chi connectivity index (χ0v) is 13.9. The lowest BCUT2D eigenvalue weighted by Crippen LogP contribution is -2.11. The molecule has 0 aliphatic heterocycles. The Morgan fingerprint density at radius 3 is 2.67 bits per heavy atom. The Hall–Kier alpha value is -2.01. The summed E-state index contributed by atoms with van der Waals surface area (Å²) in [4.78, 5) is 13.1. The van der Waals surface area contributed by atoms with Crippen molar-refractivity contribution >= 4 is 20.9 Å². The zero-order valence-electron chi connectivity index (χ0n) is 12.9. The van der Waals surface area contributed by atoms with E-state index in [9.17, 15) is 0 Å². The van der Waals surface area contributed by atoms with Crippen LogP contribution in [0, 0.1) is 13.8 Å². The Balaban J connectivity index is 2.15. The van der Waals surface area contributed by atoms with Crippen molar-refractivity contribution in [3.05, 3.63) is 47.5 Å². The molecule has 2 aromatic rings. The smallest absolute Gasteiger partial charge is 0.274 e. The zero-order chi connectivity index (χ0) is 15.2. The standard InChI is InChI=1S/C16H20N3OSi/c1-12-5-6-15(16(11-12)20-21(3)4)18-8-7-14-13(2)17-9-10-19-14/h5-6,8-11H,7H2,1-4H3. The first kappa shape index (κ1) is 15.4. The molecular formula is C16H20N3OSi. The molecule has 0 saturated heterocycles. The van der Waals surface area contributed by atoms with Crippen LogP contribution in [0.1, 0.15) is 17.0 Å². The van der Waals surface area contributed by atoms with Gasteiger partial charge in [0.25, 0.3) is 9.04 Å². The molecule has 2 rings (SSSR count). The third kappa shape index (κ3) is 4.49. The van der Waals surface area contributed by atoms with Gasteiger partial charge in [-0.05, 0) is 44.6 Å². The minimum Gasteiger partial charge on any atom is -0.541 e. The predicted molar refractivity (Wildman–Crippen MR) is 87.9 cm³/mol. The highest BCUT2D eigenvalue weighted by molar-refractivity contribution is 6.49. The van der Waals surface area contributed by atoms with Crippen LogP contribution < -0.4 is 4.43 Å². The highest BCUT2D eigenvalue weighted by Crippen LogP contribution is 2.28. The third-order valence-corrected chi connectivity index (χ3v) is 3.56. The van der Waals surface area contributed by atoms with Crippen LogP contribution in [0.3, 0.4) is 0 Å². The van der Waals surface area contributed by atoms with Gasteiger partial charge in [-0.1, -0.05) is 6.07 Å². The van der Waals surface area contributed by atoms with Crippen molar-refractivity contribution in [1.29, 1.82) is 0 Å². The Morgan fingerprint density at radius 2 is 1.95 bits per heavy atom. The van der Waals surface area contributed by atoms with E-state index in [1.807, 2.05) is 31.3 Å². The van der Waals surface area contributed by atoms with Gasteiger partial charge >= 0.3 is 0 Å². The summed E-state index contributed by atoms with van der Waals surface area (Å²) < 4.78 is 5.91. The lowest BCUT2D eigenvalue weighted by Gasteiger charge is -2.11. The molecule has 0 bridgehead atoms. The number of hydrogen-bond donors (Lipinski definition) is 0. The quantitative estimate of drug-likeness (QED) is 0.625. The van der Waals surface area contributed by atoms with Gasteiger partial charge in [0, 0.05) is 25.0 Å². The van der Waals surface area contributed by atoms with E-state index in [1.54, 1.807) is 12.4 Å². The minimum absolute atomic E-state index is 0.670. The first-order valence-corrected chi connectivity index (χ1v) is 9.35. The van der Waals surface area contributed by atoms with Gasteiger partial charge in [0.05, 0.1) is 11.4 Å². The molecule has 109 valence electrons. The molecule has 1 heterocycles. The summed E-state index contributed by atoms with van der Waals surface area (Å²) in [6.07, 6.45) is 5.95. The summed E-state index contributed by atoms with van der Waals surface area (Å²) >= 11 is 0. The molecule has 0 aliphatic carbocycles. The van der Waals surface area contributed by atoms with E-state index < -0.39 is 9.04 Å². The molecule has 0 atom stereocenters. The number of nitrogens with zero attached hydrogens (tertiary/aromatic N) is 3. The van der Waals surface area contributed by atoms with Gasteiger partial charge in [0.1, 0.15) is 11.4 Å². The van der Waals surface area contributed by atoms with Gasteiger partial charge in [-0.15, -0.1) is 0 Å². The van der Waals surface area contributed by atoms with Gasteiger partial charge in [-0.3, -0.25) is 15.0 Å². The average Bonchev–Trinajstić information content (AvgIpc) is 2.42. The van der Waals surface area contributed by atoms with Crippen LogP contribution in [0.5, 0.6) is 5.75 Å². The van der Waals surface area contributed by atoms with E-state index in [-0.39, 0.29) is 0 Å². The Morgan fingerprint density at radius 1 is 1.19 bits per heavy atom. The SMILES string of the molecule is Cc1ccc(N=CCc2nccnc2C)c(O[Si](C)C)c1. The van der Waals surface area contributed by atoms with Crippen molar-refractivity contribution in [2.24, 2.45) is 4.99 Å². The maximum atomic E-state index is 5.91. The van der Waals surface area contributed by atoms with Crippen LogP contribution >= 0.6 is 0 Å². The van der Waals surface area contributed by atoms with E-state index in [1.165, 1.54) is 5.56 Å². The number of aromatic nitrogens is 2. The van der Waals surface area contributed by atoms with Crippen molar-refractivity contribution in [1.82, 2.24) is 9.97 Å². The van der Waals surface area contributed by atoms with Crippen molar-refractivity contribution in [3.63, 3.8) is 0 Å². The summed E-state index contributed by atoms with van der Waals surface area (Å²) in [5.74, 6) is 0.862. The molecule has 4 nitrogen and oxygen atoms in total. The number of hydrogen-bond acceptors (Lipinski definition) is 4. The fraction of sp³-hybridized carbons (Fsp3) is 0.312. The van der Waals surface area contributed by atoms with Crippen LogP contribution in [0.2, 0.25) is 13.1 Å². The van der Waals surface area contributed by atoms with Crippen molar-refractivity contribution in [2.75, 3.05) is 0 Å². The monoisotopic (exact) mass is 298 g/mol. The van der Waals surface area contributed by atoms with Gasteiger partial charge in [-0.2, -0.15) is 0 Å². The number of rotatable bonds is 5. The Kier molecular flexibility index (Phi) is 5.22. The lowest BCUT2D eigenvalue weighted by molar-refractivity contribution is 0.581. The molecule has 1 radical (unpaired) electrons. The molecule has 0 N–H and O–H groups in total. The molecule has 5 heteroatoms. The Labute approximate surface area is 127 Å². The number of aryl methyl sites for hydroxylation is 2. The predicted octanol–water partition coefficient (Wildman–Crippen LogP) is 3.67. The molecule has 0 aliphatic rings. The summed E-state index contributed by atoms with van der Waals surface area (Å²) in [7, 11) is -0.805. The second-order valence-corrected chi connectivity index (χ2v) is 7.11. The van der Waals surface area contributed by atoms with E-state index in [0.717, 1.165) is 22.8 Å². The van der Waals surface area contributed by atoms with Crippen LogP contribution in [0.4, 0.5) is 5.69 Å². The van der Waals surface area contributed by atoms with Crippen LogP contribution in [0.25, 0.3) is 0 Å². The molecule has 0 spiro atoms. The summed E-state index contributed by atoms with van der Waals surface area (Å²) in [5.41, 5.74) is 3.94. The van der Waals surface area contributed by atoms with Crippen molar-refractivity contribution in [2.45, 2.75) is 33.4 Å². The normalized spacial score (nSPS) is 11.3. The van der Waals surface area contributed by atoms with E-state index >= 15 is 0 Å². The molecule has 1 aromatic heterocycles. The summed E-state index contributed by atoms with van der Waals surface area (Å²) in [6.45, 7) is 8.24. The van der Waals surface area contributed by atoms with Gasteiger partial charge < -0.3 is 4.43 Å². The van der Waals surface area contributed by atoms with Crippen LogP contribution in [0.15, 0.2) is 35.6 Å². The second-order valence-electron chi connectivity index (χ2n) is 5.09. The van der Waals surface area contributed by atoms with Crippen molar-refractivity contribution < 1.29 is 4.43 Å². The molecule has 0 unspecified atom stereocenters. The fourth-order valence-corrected chi connectivity index (χ4v) is 2.50. The Bertz CT molecular complexity index is 641. The molecular weight excluding hydrogens is 278 g/mol. The largest absolute Gasteiger partial charge is 0.541 e. The van der Waals surface area contributed by atoms with E-state index in [4.69, 9.17) is 4.43 Å². The number of benzene rings is 1. The highest BCUT2D eigenvalue weighted by atomic mass is 28.3. The minimum atomic E-state index is -0.805. The van der Waals surface area contributed by atoms with Gasteiger partial charge in [-0.25, -0.2) is 0 Å². The van der Waals surface area contributed by atoms with Crippen LogP contribution in [-0.4, -0.2) is 25.2 Å². The average molecular weight is 298 g/mol. The summed E-state index contributed by atoms with van der Waals surface area (Å²) in [6, 6.07) is 6.08. The third-order valence-electron chi connectivity index (χ3n) is 2.93. The van der Waals surface area contributed by atoms with E-state index in [2.05, 4.69) is 35.0 Å². The first-order chi connectivity index (χ1) is 10.1. The van der Waals surface area contributed by atoms with Crippen LogP contribution in [-0.2, 0) is 6.42 Å². The summed E-state index contributed by atoms with van der Waals surface area (Å²) in [5, 5.41) is 0. The maximum Gasteiger partial charge on any atom is 0.274 e. The topological polar surface area (TPSA) is 47.4 Å². The maximum absolute atomic E-state index is 5.91. The molecule has 0 saturated carbocycles. The van der Waals surface area contributed by atoms with Gasteiger partial charge in [0.15, 0.2) is 0 Å². The molecule has 21 heavy (non-hydrogen) atoms. The highest BCUT2D eigenvalue weighted by Gasteiger charge is 2.06. The number of aliphatic imine (C=N–C) groups is 1.